The van der Waals surface area contributed by atoms with Gasteiger partial charge in [-0.2, -0.15) is 0 Å². The van der Waals surface area contributed by atoms with E-state index in [-0.39, 0.29) is 5.91 Å². The van der Waals surface area contributed by atoms with E-state index in [0.717, 1.165) is 29.8 Å². The van der Waals surface area contributed by atoms with Crippen LogP contribution in [0.15, 0.2) is 30.6 Å². The highest BCUT2D eigenvalue weighted by atomic mass is 16.5. The number of methoxy groups -OCH3 is 2. The molecule has 1 aromatic heterocycles. The fourth-order valence-corrected chi connectivity index (χ4v) is 3.05. The number of ether oxygens (including phenoxy) is 2. The number of nitrogens with zero attached hydrogens (tertiary/aromatic N) is 2. The first-order valence-corrected chi connectivity index (χ1v) is 7.73. The molecule has 2 aromatic rings. The fourth-order valence-electron chi connectivity index (χ4n) is 3.05. The second-order valence-corrected chi connectivity index (χ2v) is 5.90. The van der Waals surface area contributed by atoms with Crippen molar-refractivity contribution in [3.8, 4) is 11.5 Å². The molecule has 0 saturated heterocycles. The summed E-state index contributed by atoms with van der Waals surface area (Å²) in [6.07, 6.45) is 5.24. The Morgan fingerprint density at radius 1 is 1.17 bits per heavy atom. The van der Waals surface area contributed by atoms with Gasteiger partial charge in [0.25, 0.3) is 0 Å². The molecule has 1 aliphatic rings. The van der Waals surface area contributed by atoms with Crippen LogP contribution < -0.4 is 9.47 Å². The summed E-state index contributed by atoms with van der Waals surface area (Å²) in [4.78, 5) is 14.4. The zero-order chi connectivity index (χ0) is 16.4. The van der Waals surface area contributed by atoms with Crippen molar-refractivity contribution in [3.05, 3.63) is 47.3 Å². The van der Waals surface area contributed by atoms with Crippen LogP contribution in [0, 0.1) is 0 Å². The maximum Gasteiger partial charge on any atom is 0.227 e. The van der Waals surface area contributed by atoms with Crippen LogP contribution in [0.5, 0.6) is 11.5 Å². The van der Waals surface area contributed by atoms with Crippen LogP contribution in [0.25, 0.3) is 0 Å². The van der Waals surface area contributed by atoms with E-state index >= 15 is 0 Å². The molecular weight excluding hydrogens is 292 g/mol. The second kappa shape index (κ2) is 6.36. The van der Waals surface area contributed by atoms with E-state index in [4.69, 9.17) is 9.47 Å². The molecule has 0 aliphatic carbocycles. The van der Waals surface area contributed by atoms with Gasteiger partial charge < -0.3 is 18.9 Å². The Kier molecular flexibility index (Phi) is 4.28. The molecule has 23 heavy (non-hydrogen) atoms. The fraction of sp³-hybridized carbons (Fsp3) is 0.389. The highest BCUT2D eigenvalue weighted by molar-refractivity contribution is 5.79. The quantitative estimate of drug-likeness (QED) is 0.869. The smallest absolute Gasteiger partial charge is 0.227 e. The molecule has 1 aliphatic heterocycles. The van der Waals surface area contributed by atoms with Gasteiger partial charge in [-0.3, -0.25) is 4.79 Å². The average molecular weight is 314 g/mol. The van der Waals surface area contributed by atoms with Crippen molar-refractivity contribution < 1.29 is 14.3 Å². The molecular formula is C18H22N2O3. The van der Waals surface area contributed by atoms with Crippen LogP contribution in [0.4, 0.5) is 0 Å². The van der Waals surface area contributed by atoms with E-state index in [1.165, 1.54) is 5.56 Å². The van der Waals surface area contributed by atoms with Crippen LogP contribution in [-0.4, -0.2) is 36.1 Å². The lowest BCUT2D eigenvalue weighted by atomic mass is 9.98. The maximum absolute atomic E-state index is 12.5. The van der Waals surface area contributed by atoms with E-state index in [1.54, 1.807) is 14.2 Å². The molecule has 0 atom stereocenters. The van der Waals surface area contributed by atoms with Gasteiger partial charge >= 0.3 is 0 Å². The molecule has 0 bridgehead atoms. The number of carbonyl (C=O) groups excluding carboxylic acids is 1. The SMILES string of the molecule is COc1cc2c(cc1OC)CN(C(=O)Cc1ccn(C)c1)CC2. The third kappa shape index (κ3) is 3.18. The molecule has 0 radical (unpaired) electrons. The van der Waals surface area contributed by atoms with Gasteiger partial charge in [-0.05, 0) is 41.3 Å². The minimum atomic E-state index is 0.164. The molecule has 5 nitrogen and oxygen atoms in total. The van der Waals surface area contributed by atoms with E-state index in [0.29, 0.717) is 18.7 Å². The topological polar surface area (TPSA) is 43.7 Å². The predicted octanol–water partition coefficient (Wildman–Crippen LogP) is 2.17. The van der Waals surface area contributed by atoms with Crippen LogP contribution in [0.2, 0.25) is 0 Å². The van der Waals surface area contributed by atoms with Gasteiger partial charge in [-0.25, -0.2) is 0 Å². The Labute approximate surface area is 136 Å². The molecule has 0 fully saturated rings. The summed E-state index contributed by atoms with van der Waals surface area (Å²) in [7, 11) is 5.24. The van der Waals surface area contributed by atoms with Crippen LogP contribution in [0.1, 0.15) is 16.7 Å². The normalized spacial score (nSPS) is 13.6. The number of carbonyl (C=O) groups is 1. The van der Waals surface area contributed by atoms with Crippen molar-refractivity contribution in [2.24, 2.45) is 7.05 Å². The van der Waals surface area contributed by atoms with Gasteiger partial charge in [0.15, 0.2) is 11.5 Å². The minimum Gasteiger partial charge on any atom is -0.493 e. The molecule has 122 valence electrons. The third-order valence-corrected chi connectivity index (χ3v) is 4.32. The van der Waals surface area contributed by atoms with Gasteiger partial charge in [0.1, 0.15) is 0 Å². The van der Waals surface area contributed by atoms with E-state index in [1.807, 2.05) is 47.1 Å². The van der Waals surface area contributed by atoms with Crippen molar-refractivity contribution in [1.82, 2.24) is 9.47 Å². The number of benzene rings is 1. The largest absolute Gasteiger partial charge is 0.493 e. The number of rotatable bonds is 4. The average Bonchev–Trinajstić information content (AvgIpc) is 2.97. The summed E-state index contributed by atoms with van der Waals surface area (Å²) in [5.41, 5.74) is 3.41. The zero-order valence-corrected chi connectivity index (χ0v) is 13.8. The Bertz CT molecular complexity index is 721. The summed E-state index contributed by atoms with van der Waals surface area (Å²) >= 11 is 0. The number of aromatic nitrogens is 1. The van der Waals surface area contributed by atoms with E-state index in [9.17, 15) is 4.79 Å². The number of hydrogen-bond acceptors (Lipinski definition) is 3. The molecule has 0 spiro atoms. The molecule has 3 rings (SSSR count). The van der Waals surface area contributed by atoms with Crippen molar-refractivity contribution in [2.45, 2.75) is 19.4 Å². The third-order valence-electron chi connectivity index (χ3n) is 4.32. The van der Waals surface area contributed by atoms with Crippen molar-refractivity contribution in [1.29, 1.82) is 0 Å². The summed E-state index contributed by atoms with van der Waals surface area (Å²) in [5, 5.41) is 0. The standard InChI is InChI=1S/C18H22N2O3/c1-19-6-4-13(11-19)8-18(21)20-7-5-14-9-16(22-2)17(23-3)10-15(14)12-20/h4,6,9-11H,5,7-8,12H2,1-3H3. The van der Waals surface area contributed by atoms with Crippen LogP contribution in [-0.2, 0) is 31.2 Å². The Hall–Kier alpha value is -2.43. The summed E-state index contributed by atoms with van der Waals surface area (Å²) in [6.45, 7) is 1.37. The molecule has 0 N–H and O–H groups in total. The lowest BCUT2D eigenvalue weighted by molar-refractivity contribution is -0.131. The highest BCUT2D eigenvalue weighted by Gasteiger charge is 2.23. The summed E-state index contributed by atoms with van der Waals surface area (Å²) < 4.78 is 12.7. The molecule has 1 amide bonds. The monoisotopic (exact) mass is 314 g/mol. The van der Waals surface area contributed by atoms with Gasteiger partial charge in [-0.1, -0.05) is 0 Å². The number of aryl methyl sites for hydroxylation is 1. The van der Waals surface area contributed by atoms with Crippen molar-refractivity contribution in [2.75, 3.05) is 20.8 Å². The first kappa shape index (κ1) is 15.5. The van der Waals surface area contributed by atoms with E-state index < -0.39 is 0 Å². The number of fused-ring (bicyclic) bond motifs is 1. The number of amides is 1. The van der Waals surface area contributed by atoms with Crippen molar-refractivity contribution >= 4 is 5.91 Å². The summed E-state index contributed by atoms with van der Waals surface area (Å²) in [6, 6.07) is 5.99. The predicted molar refractivity (Wildman–Crippen MR) is 87.8 cm³/mol. The van der Waals surface area contributed by atoms with Crippen molar-refractivity contribution in [3.63, 3.8) is 0 Å². The van der Waals surface area contributed by atoms with Gasteiger partial charge in [0.05, 0.1) is 20.6 Å². The Morgan fingerprint density at radius 2 is 1.87 bits per heavy atom. The first-order valence-electron chi connectivity index (χ1n) is 7.73. The van der Waals surface area contributed by atoms with E-state index in [2.05, 4.69) is 0 Å². The summed E-state index contributed by atoms with van der Waals surface area (Å²) in [5.74, 6) is 1.62. The Morgan fingerprint density at radius 3 is 2.48 bits per heavy atom. The highest BCUT2D eigenvalue weighted by Crippen LogP contribution is 2.33. The second-order valence-electron chi connectivity index (χ2n) is 5.90. The minimum absolute atomic E-state index is 0.164. The lowest BCUT2D eigenvalue weighted by Gasteiger charge is -2.29. The van der Waals surface area contributed by atoms with Gasteiger partial charge in [0, 0.05) is 32.5 Å². The zero-order valence-electron chi connectivity index (χ0n) is 13.8. The molecule has 1 aromatic carbocycles. The maximum atomic E-state index is 12.5. The number of hydrogen-bond donors (Lipinski definition) is 0. The van der Waals surface area contributed by atoms with Gasteiger partial charge in [0.2, 0.25) is 5.91 Å². The molecule has 5 heteroatoms. The van der Waals surface area contributed by atoms with Crippen LogP contribution in [0.3, 0.4) is 0 Å². The molecule has 2 heterocycles. The lowest BCUT2D eigenvalue weighted by Crippen LogP contribution is -2.36. The Balaban J connectivity index is 1.75. The van der Waals surface area contributed by atoms with Crippen LogP contribution >= 0.6 is 0 Å². The molecule has 0 saturated carbocycles. The molecule has 0 unspecified atom stereocenters. The van der Waals surface area contributed by atoms with Gasteiger partial charge in [-0.15, -0.1) is 0 Å². The first-order chi connectivity index (χ1) is 11.1.